The van der Waals surface area contributed by atoms with Crippen molar-refractivity contribution in [2.24, 2.45) is 0 Å². The molecule has 1 rings (SSSR count). The molecule has 0 aliphatic carbocycles. The van der Waals surface area contributed by atoms with Crippen LogP contribution < -0.4 is 5.32 Å². The second-order valence-electron chi connectivity index (χ2n) is 1.60. The van der Waals surface area contributed by atoms with E-state index >= 15 is 0 Å². The molecule has 1 amide bonds. The summed E-state index contributed by atoms with van der Waals surface area (Å²) in [4.78, 5) is 10.1. The summed E-state index contributed by atoms with van der Waals surface area (Å²) in [6.45, 7) is 2.50. The first-order chi connectivity index (χ1) is 3.29. The molecule has 0 radical (unpaired) electrons. The standard InChI is InChI=1S/C4H7NO2/c1-3-2-5-4(6)7-3/h3H,2H2,1H3,(H,5,6). The van der Waals surface area contributed by atoms with E-state index in [1.54, 1.807) is 0 Å². The van der Waals surface area contributed by atoms with Gasteiger partial charge in [0.1, 0.15) is 6.10 Å². The van der Waals surface area contributed by atoms with Gasteiger partial charge in [0.05, 0.1) is 6.54 Å². The molecule has 0 aromatic rings. The summed E-state index contributed by atoms with van der Waals surface area (Å²) in [6, 6.07) is 0. The SMILES string of the molecule is CC1CNC(=O)O1. The van der Waals surface area contributed by atoms with E-state index in [1.165, 1.54) is 0 Å². The van der Waals surface area contributed by atoms with E-state index in [2.05, 4.69) is 10.1 Å². The van der Waals surface area contributed by atoms with E-state index in [-0.39, 0.29) is 12.2 Å². The monoisotopic (exact) mass is 101 g/mol. The number of cyclic esters (lactones) is 1. The summed E-state index contributed by atoms with van der Waals surface area (Å²) in [6.07, 6.45) is -0.236. The first-order valence-corrected chi connectivity index (χ1v) is 2.23. The van der Waals surface area contributed by atoms with Gasteiger partial charge >= 0.3 is 6.09 Å². The van der Waals surface area contributed by atoms with Crippen LogP contribution in [0.3, 0.4) is 0 Å². The van der Waals surface area contributed by atoms with Crippen molar-refractivity contribution in [1.82, 2.24) is 5.32 Å². The molecule has 1 unspecified atom stereocenters. The molecule has 7 heavy (non-hydrogen) atoms. The lowest BCUT2D eigenvalue weighted by molar-refractivity contribution is 0.148. The van der Waals surface area contributed by atoms with E-state index in [4.69, 9.17) is 0 Å². The van der Waals surface area contributed by atoms with Crippen LogP contribution in [-0.2, 0) is 4.74 Å². The predicted octanol–water partition coefficient (Wildman–Crippen LogP) is 0.115. The van der Waals surface area contributed by atoms with Crippen molar-refractivity contribution in [1.29, 1.82) is 0 Å². The zero-order chi connectivity index (χ0) is 5.28. The number of amides is 1. The van der Waals surface area contributed by atoms with Gasteiger partial charge in [-0.2, -0.15) is 0 Å². The smallest absolute Gasteiger partial charge is 0.407 e. The van der Waals surface area contributed by atoms with Gasteiger partial charge < -0.3 is 10.1 Å². The molecule has 1 heterocycles. The van der Waals surface area contributed by atoms with Crippen molar-refractivity contribution in [3.8, 4) is 0 Å². The minimum Gasteiger partial charge on any atom is -0.445 e. The van der Waals surface area contributed by atoms with Crippen molar-refractivity contribution < 1.29 is 9.53 Å². The average Bonchev–Trinajstić information content (AvgIpc) is 1.87. The fourth-order valence-electron chi connectivity index (χ4n) is 0.493. The molecule has 40 valence electrons. The van der Waals surface area contributed by atoms with Crippen LogP contribution >= 0.6 is 0 Å². The minimum atomic E-state index is -0.299. The van der Waals surface area contributed by atoms with Gasteiger partial charge in [0.15, 0.2) is 0 Å². The number of rotatable bonds is 0. The van der Waals surface area contributed by atoms with Gasteiger partial charge in [-0.3, -0.25) is 0 Å². The van der Waals surface area contributed by atoms with Crippen LogP contribution in [0.4, 0.5) is 4.79 Å². The number of hydrogen-bond donors (Lipinski definition) is 1. The van der Waals surface area contributed by atoms with Crippen LogP contribution in [0.25, 0.3) is 0 Å². The second-order valence-corrected chi connectivity index (χ2v) is 1.60. The first kappa shape index (κ1) is 4.43. The third-order valence-corrected chi connectivity index (χ3v) is 0.842. The highest BCUT2D eigenvalue weighted by Crippen LogP contribution is 1.95. The van der Waals surface area contributed by atoms with E-state index in [0.717, 1.165) is 0 Å². The molecule has 3 nitrogen and oxygen atoms in total. The van der Waals surface area contributed by atoms with Crippen molar-refractivity contribution in [3.05, 3.63) is 0 Å². The van der Waals surface area contributed by atoms with E-state index in [1.807, 2.05) is 6.92 Å². The lowest BCUT2D eigenvalue weighted by atomic mass is 10.4. The van der Waals surface area contributed by atoms with Gasteiger partial charge in [-0.15, -0.1) is 0 Å². The molecule has 0 saturated carbocycles. The van der Waals surface area contributed by atoms with Crippen molar-refractivity contribution in [2.45, 2.75) is 13.0 Å². The number of nitrogens with one attached hydrogen (secondary N) is 1. The Morgan fingerprint density at radius 3 is 2.86 bits per heavy atom. The fourth-order valence-corrected chi connectivity index (χ4v) is 0.493. The van der Waals surface area contributed by atoms with Crippen molar-refractivity contribution in [3.63, 3.8) is 0 Å². The van der Waals surface area contributed by atoms with Crippen molar-refractivity contribution in [2.75, 3.05) is 6.54 Å². The van der Waals surface area contributed by atoms with Gasteiger partial charge in [0.2, 0.25) is 0 Å². The number of carbonyl (C=O) groups is 1. The number of ether oxygens (including phenoxy) is 1. The molecule has 1 aliphatic rings. The molecule has 1 fully saturated rings. The zero-order valence-electron chi connectivity index (χ0n) is 4.10. The average molecular weight is 101 g/mol. The second kappa shape index (κ2) is 1.40. The molecule has 0 aromatic heterocycles. The summed E-state index contributed by atoms with van der Waals surface area (Å²) in [5, 5.41) is 2.51. The van der Waals surface area contributed by atoms with Crippen LogP contribution in [0.5, 0.6) is 0 Å². The van der Waals surface area contributed by atoms with E-state index < -0.39 is 0 Å². The highest BCUT2D eigenvalue weighted by molar-refractivity contribution is 5.69. The Balaban J connectivity index is 2.40. The maximum Gasteiger partial charge on any atom is 0.407 e. The third-order valence-electron chi connectivity index (χ3n) is 0.842. The normalized spacial score (nSPS) is 29.3. The molecule has 0 aromatic carbocycles. The number of hydrogen-bond acceptors (Lipinski definition) is 2. The molecule has 3 heteroatoms. The molecule has 1 atom stereocenters. The molecule has 1 aliphatic heterocycles. The minimum absolute atomic E-state index is 0.0625. The van der Waals surface area contributed by atoms with Gasteiger partial charge in [-0.05, 0) is 6.92 Å². The Morgan fingerprint density at radius 2 is 2.71 bits per heavy atom. The molecule has 0 bridgehead atoms. The largest absolute Gasteiger partial charge is 0.445 e. The Hall–Kier alpha value is -0.730. The summed E-state index contributed by atoms with van der Waals surface area (Å²) in [5.41, 5.74) is 0. The molecule has 0 spiro atoms. The Kier molecular flexibility index (Phi) is 0.889. The molecular formula is C4H7NO2. The lowest BCUT2D eigenvalue weighted by Gasteiger charge is -1.92. The Bertz CT molecular complexity index is 91.7. The zero-order valence-corrected chi connectivity index (χ0v) is 4.10. The maximum atomic E-state index is 10.1. The van der Waals surface area contributed by atoms with Crippen molar-refractivity contribution >= 4 is 6.09 Å². The molecule has 1 N–H and O–H groups in total. The maximum absolute atomic E-state index is 10.1. The highest BCUT2D eigenvalue weighted by atomic mass is 16.6. The summed E-state index contributed by atoms with van der Waals surface area (Å²) < 4.78 is 4.61. The van der Waals surface area contributed by atoms with Crippen LogP contribution in [0.1, 0.15) is 6.92 Å². The summed E-state index contributed by atoms with van der Waals surface area (Å²) in [5.74, 6) is 0. The topological polar surface area (TPSA) is 38.3 Å². The Labute approximate surface area is 41.7 Å². The lowest BCUT2D eigenvalue weighted by Crippen LogP contribution is -2.12. The molecular weight excluding hydrogens is 94.0 g/mol. The first-order valence-electron chi connectivity index (χ1n) is 2.23. The van der Waals surface area contributed by atoms with Gasteiger partial charge in [0.25, 0.3) is 0 Å². The van der Waals surface area contributed by atoms with Gasteiger partial charge in [0, 0.05) is 0 Å². The van der Waals surface area contributed by atoms with Gasteiger partial charge in [-0.25, -0.2) is 4.79 Å². The van der Waals surface area contributed by atoms with Crippen LogP contribution in [0, 0.1) is 0 Å². The quantitative estimate of drug-likeness (QED) is 0.470. The van der Waals surface area contributed by atoms with E-state index in [0.29, 0.717) is 6.54 Å². The summed E-state index contributed by atoms with van der Waals surface area (Å²) in [7, 11) is 0. The van der Waals surface area contributed by atoms with Crippen LogP contribution in [-0.4, -0.2) is 18.7 Å². The summed E-state index contributed by atoms with van der Waals surface area (Å²) >= 11 is 0. The number of carbonyl (C=O) groups excluding carboxylic acids is 1. The van der Waals surface area contributed by atoms with Crippen LogP contribution in [0.2, 0.25) is 0 Å². The predicted molar refractivity (Wildman–Crippen MR) is 23.9 cm³/mol. The fraction of sp³-hybridized carbons (Fsp3) is 0.750. The Morgan fingerprint density at radius 1 is 2.00 bits per heavy atom. The number of alkyl carbamates (subject to hydrolysis) is 1. The van der Waals surface area contributed by atoms with Crippen LogP contribution in [0.15, 0.2) is 0 Å². The third kappa shape index (κ3) is 0.824. The highest BCUT2D eigenvalue weighted by Gasteiger charge is 2.16. The van der Waals surface area contributed by atoms with E-state index in [9.17, 15) is 4.79 Å². The van der Waals surface area contributed by atoms with Gasteiger partial charge in [-0.1, -0.05) is 0 Å². The molecule has 1 saturated heterocycles.